The van der Waals surface area contributed by atoms with Crippen LogP contribution in [0.2, 0.25) is 0 Å². The zero-order valence-electron chi connectivity index (χ0n) is 11.6. The van der Waals surface area contributed by atoms with Gasteiger partial charge in [0.1, 0.15) is 0 Å². The van der Waals surface area contributed by atoms with Gasteiger partial charge in [-0.3, -0.25) is 4.79 Å². The van der Waals surface area contributed by atoms with Gasteiger partial charge in [0.15, 0.2) is 0 Å². The van der Waals surface area contributed by atoms with Crippen LogP contribution < -0.4 is 10.6 Å². The number of rotatable bonds is 4. The van der Waals surface area contributed by atoms with Crippen LogP contribution >= 0.6 is 0 Å². The third kappa shape index (κ3) is 3.33. The Labute approximate surface area is 114 Å². The first-order chi connectivity index (χ1) is 9.03. The molecule has 1 atom stereocenters. The lowest BCUT2D eigenvalue weighted by Crippen LogP contribution is -2.48. The van der Waals surface area contributed by atoms with E-state index in [-0.39, 0.29) is 24.0 Å². The average molecular weight is 262 g/mol. The topological polar surface area (TPSA) is 61.4 Å². The van der Waals surface area contributed by atoms with E-state index < -0.39 is 0 Å². The van der Waals surface area contributed by atoms with Crippen molar-refractivity contribution in [2.45, 2.75) is 38.3 Å². The Bertz CT molecular complexity index is 457. The Hall–Kier alpha value is -1.39. The molecule has 0 fully saturated rings. The summed E-state index contributed by atoms with van der Waals surface area (Å²) >= 11 is 0. The predicted molar refractivity (Wildman–Crippen MR) is 74.8 cm³/mol. The lowest BCUT2D eigenvalue weighted by Gasteiger charge is -2.31. The standard InChI is InChI=1S/C15H22N2O2/c1-15(2,7-8-18)17-14(19)13-10-16-9-11-5-3-4-6-12(11)13/h3-6,13,16,18H,7-10H2,1-2H3,(H,17,19). The maximum Gasteiger partial charge on any atom is 0.229 e. The number of carbonyl (C=O) groups is 1. The fourth-order valence-electron chi connectivity index (χ4n) is 2.49. The number of aliphatic hydroxyl groups is 1. The third-order valence-corrected chi connectivity index (χ3v) is 3.61. The van der Waals surface area contributed by atoms with E-state index in [9.17, 15) is 4.79 Å². The van der Waals surface area contributed by atoms with Crippen molar-refractivity contribution in [1.82, 2.24) is 10.6 Å². The minimum atomic E-state index is -0.377. The second-order valence-corrected chi connectivity index (χ2v) is 5.73. The summed E-state index contributed by atoms with van der Waals surface area (Å²) in [6.07, 6.45) is 0.556. The second kappa shape index (κ2) is 5.72. The van der Waals surface area contributed by atoms with Gasteiger partial charge < -0.3 is 15.7 Å². The summed E-state index contributed by atoms with van der Waals surface area (Å²) in [7, 11) is 0. The van der Waals surface area contributed by atoms with E-state index in [0.717, 1.165) is 12.1 Å². The van der Waals surface area contributed by atoms with Crippen LogP contribution in [0.5, 0.6) is 0 Å². The average Bonchev–Trinajstić information content (AvgIpc) is 2.37. The molecule has 4 nitrogen and oxygen atoms in total. The van der Waals surface area contributed by atoms with Gasteiger partial charge in [0.2, 0.25) is 5.91 Å². The van der Waals surface area contributed by atoms with Crippen LogP contribution in [0.4, 0.5) is 0 Å². The van der Waals surface area contributed by atoms with Gasteiger partial charge in [-0.1, -0.05) is 24.3 Å². The molecule has 0 aromatic heterocycles. The fourth-order valence-corrected chi connectivity index (χ4v) is 2.49. The highest BCUT2D eigenvalue weighted by Gasteiger charge is 2.29. The Balaban J connectivity index is 2.13. The van der Waals surface area contributed by atoms with Crippen LogP contribution in [0.25, 0.3) is 0 Å². The maximum absolute atomic E-state index is 12.4. The van der Waals surface area contributed by atoms with Crippen molar-refractivity contribution in [2.24, 2.45) is 0 Å². The number of aliphatic hydroxyl groups excluding tert-OH is 1. The largest absolute Gasteiger partial charge is 0.396 e. The summed E-state index contributed by atoms with van der Waals surface area (Å²) in [5, 5.41) is 15.3. The minimum Gasteiger partial charge on any atom is -0.396 e. The molecule has 0 saturated carbocycles. The van der Waals surface area contributed by atoms with Crippen LogP contribution in [0.1, 0.15) is 37.3 Å². The van der Waals surface area contributed by atoms with E-state index in [2.05, 4.69) is 16.7 Å². The number of fused-ring (bicyclic) bond motifs is 1. The lowest BCUT2D eigenvalue weighted by atomic mass is 9.89. The summed E-state index contributed by atoms with van der Waals surface area (Å²) in [6.45, 7) is 5.43. The Morgan fingerprint density at radius 2 is 2.21 bits per heavy atom. The van der Waals surface area contributed by atoms with Gasteiger partial charge in [0.25, 0.3) is 0 Å². The summed E-state index contributed by atoms with van der Waals surface area (Å²) in [5.74, 6) is -0.124. The quantitative estimate of drug-likeness (QED) is 0.763. The molecule has 19 heavy (non-hydrogen) atoms. The molecule has 0 saturated heterocycles. The van der Waals surface area contributed by atoms with Gasteiger partial charge in [-0.15, -0.1) is 0 Å². The maximum atomic E-state index is 12.4. The molecule has 1 aromatic carbocycles. The molecule has 1 heterocycles. The smallest absolute Gasteiger partial charge is 0.229 e. The van der Waals surface area contributed by atoms with Crippen molar-refractivity contribution in [2.75, 3.05) is 13.2 Å². The Morgan fingerprint density at radius 1 is 1.47 bits per heavy atom. The molecular formula is C15H22N2O2. The lowest BCUT2D eigenvalue weighted by molar-refractivity contribution is -0.124. The van der Waals surface area contributed by atoms with Gasteiger partial charge in [-0.25, -0.2) is 0 Å². The highest BCUT2D eigenvalue weighted by Crippen LogP contribution is 2.24. The van der Waals surface area contributed by atoms with E-state index in [1.165, 1.54) is 5.56 Å². The molecule has 1 aliphatic heterocycles. The number of amides is 1. The molecule has 1 aromatic rings. The third-order valence-electron chi connectivity index (χ3n) is 3.61. The highest BCUT2D eigenvalue weighted by molar-refractivity contribution is 5.85. The normalized spacial score (nSPS) is 18.8. The van der Waals surface area contributed by atoms with Crippen molar-refractivity contribution < 1.29 is 9.90 Å². The van der Waals surface area contributed by atoms with Crippen LogP contribution in [-0.2, 0) is 11.3 Å². The van der Waals surface area contributed by atoms with Gasteiger partial charge in [0.05, 0.1) is 5.92 Å². The number of hydrogen-bond donors (Lipinski definition) is 3. The van der Waals surface area contributed by atoms with E-state index in [1.807, 2.05) is 32.0 Å². The molecule has 0 aliphatic carbocycles. The summed E-state index contributed by atoms with van der Waals surface area (Å²) in [5.41, 5.74) is 1.92. The van der Waals surface area contributed by atoms with E-state index in [4.69, 9.17) is 5.11 Å². The van der Waals surface area contributed by atoms with Crippen molar-refractivity contribution in [3.63, 3.8) is 0 Å². The van der Waals surface area contributed by atoms with Crippen molar-refractivity contribution in [3.8, 4) is 0 Å². The first-order valence-electron chi connectivity index (χ1n) is 6.75. The van der Waals surface area contributed by atoms with Gasteiger partial charge in [-0.05, 0) is 31.4 Å². The highest BCUT2D eigenvalue weighted by atomic mass is 16.3. The zero-order valence-corrected chi connectivity index (χ0v) is 11.6. The summed E-state index contributed by atoms with van der Waals surface area (Å²) < 4.78 is 0. The zero-order chi connectivity index (χ0) is 13.9. The van der Waals surface area contributed by atoms with Crippen LogP contribution in [0.15, 0.2) is 24.3 Å². The molecule has 4 heteroatoms. The predicted octanol–water partition coefficient (Wildman–Crippen LogP) is 1.15. The Kier molecular flexibility index (Phi) is 4.22. The van der Waals surface area contributed by atoms with E-state index in [1.54, 1.807) is 0 Å². The van der Waals surface area contributed by atoms with Crippen molar-refractivity contribution in [3.05, 3.63) is 35.4 Å². The molecule has 0 bridgehead atoms. The molecule has 3 N–H and O–H groups in total. The molecule has 1 aliphatic rings. The number of benzene rings is 1. The fraction of sp³-hybridized carbons (Fsp3) is 0.533. The van der Waals surface area contributed by atoms with Crippen LogP contribution in [-0.4, -0.2) is 29.7 Å². The van der Waals surface area contributed by atoms with E-state index in [0.29, 0.717) is 13.0 Å². The molecule has 2 rings (SSSR count). The van der Waals surface area contributed by atoms with Crippen LogP contribution in [0, 0.1) is 0 Å². The number of nitrogens with one attached hydrogen (secondary N) is 2. The van der Waals surface area contributed by atoms with Crippen molar-refractivity contribution >= 4 is 5.91 Å². The molecule has 104 valence electrons. The first kappa shape index (κ1) is 14.0. The summed E-state index contributed by atoms with van der Waals surface area (Å²) in [6, 6.07) is 8.06. The van der Waals surface area contributed by atoms with E-state index >= 15 is 0 Å². The first-order valence-corrected chi connectivity index (χ1v) is 6.75. The van der Waals surface area contributed by atoms with Crippen LogP contribution in [0.3, 0.4) is 0 Å². The number of hydrogen-bond acceptors (Lipinski definition) is 3. The Morgan fingerprint density at radius 3 is 2.95 bits per heavy atom. The van der Waals surface area contributed by atoms with Gasteiger partial charge >= 0.3 is 0 Å². The molecular weight excluding hydrogens is 240 g/mol. The molecule has 0 spiro atoms. The SMILES string of the molecule is CC(C)(CCO)NC(=O)C1CNCc2ccccc21. The molecule has 0 radical (unpaired) electrons. The summed E-state index contributed by atoms with van der Waals surface area (Å²) in [4.78, 5) is 12.4. The molecule has 1 unspecified atom stereocenters. The monoisotopic (exact) mass is 262 g/mol. The van der Waals surface area contributed by atoms with Crippen molar-refractivity contribution in [1.29, 1.82) is 0 Å². The molecule has 1 amide bonds. The van der Waals surface area contributed by atoms with Gasteiger partial charge in [0, 0.05) is 25.2 Å². The number of carbonyl (C=O) groups excluding carboxylic acids is 1. The van der Waals surface area contributed by atoms with Gasteiger partial charge in [-0.2, -0.15) is 0 Å². The second-order valence-electron chi connectivity index (χ2n) is 5.73. The minimum absolute atomic E-state index is 0.0260.